The number of hydrogen-bond donors (Lipinski definition) is 2. The Morgan fingerprint density at radius 3 is 2.62 bits per heavy atom. The van der Waals surface area contributed by atoms with Gasteiger partial charge >= 0.3 is 6.18 Å². The summed E-state index contributed by atoms with van der Waals surface area (Å²) in [7, 11) is 1.66. The molecule has 4 nitrogen and oxygen atoms in total. The number of aliphatic hydroxyl groups excluding tert-OH is 2. The summed E-state index contributed by atoms with van der Waals surface area (Å²) in [5, 5.41) is 18.2. The van der Waals surface area contributed by atoms with E-state index in [1.165, 1.54) is 24.5 Å². The predicted molar refractivity (Wildman–Crippen MR) is 85.9 cm³/mol. The molecule has 0 saturated carbocycles. The van der Waals surface area contributed by atoms with Gasteiger partial charge in [0.1, 0.15) is 0 Å². The van der Waals surface area contributed by atoms with E-state index < -0.39 is 29.9 Å². The van der Waals surface area contributed by atoms with Crippen LogP contribution in [-0.2, 0) is 13.2 Å². The molecule has 0 amide bonds. The molecule has 1 unspecified atom stereocenters. The fourth-order valence-electron chi connectivity index (χ4n) is 2.09. The average Bonchev–Trinajstić information content (AvgIpc) is 2.54. The second-order valence-corrected chi connectivity index (χ2v) is 6.32. The lowest BCUT2D eigenvalue weighted by Gasteiger charge is -2.12. The lowest BCUT2D eigenvalue weighted by molar-refractivity contribution is -0.137. The molecule has 2 aromatic rings. The maximum Gasteiger partial charge on any atom is 0.416 e. The molecule has 8 heteroatoms. The van der Waals surface area contributed by atoms with E-state index in [1.54, 1.807) is 11.6 Å². The summed E-state index contributed by atoms with van der Waals surface area (Å²) in [4.78, 5) is 12.8. The average molecular weight is 359 g/mol. The van der Waals surface area contributed by atoms with Crippen LogP contribution in [-0.4, -0.2) is 33.2 Å². The highest BCUT2D eigenvalue weighted by atomic mass is 32.2. The zero-order valence-electron chi connectivity index (χ0n) is 12.7. The van der Waals surface area contributed by atoms with Gasteiger partial charge < -0.3 is 14.8 Å². The maximum absolute atomic E-state index is 12.9. The number of alkyl halides is 3. The summed E-state index contributed by atoms with van der Waals surface area (Å²) in [5.74, 6) is 0.109. The molecule has 0 saturated heterocycles. The minimum absolute atomic E-state index is 0.109. The minimum atomic E-state index is -4.49. The van der Waals surface area contributed by atoms with Gasteiger partial charge in [0.05, 0.1) is 23.2 Å². The van der Waals surface area contributed by atoms with Crippen LogP contribution in [0.2, 0.25) is 0 Å². The number of aryl methyl sites for hydroxylation is 1. The Bertz CT molecular complexity index is 774. The summed E-state index contributed by atoms with van der Waals surface area (Å²) < 4.78 is 40.1. The number of thioether (sulfide) groups is 1. The number of halogens is 3. The smallest absolute Gasteiger partial charge is 0.394 e. The molecule has 0 radical (unpaired) electrons. The van der Waals surface area contributed by atoms with Crippen LogP contribution in [0, 0.1) is 0 Å². The Labute approximate surface area is 140 Å². The van der Waals surface area contributed by atoms with Crippen molar-refractivity contribution in [3.8, 4) is 11.1 Å². The van der Waals surface area contributed by atoms with E-state index in [9.17, 15) is 23.1 Å². The molecule has 2 rings (SSSR count). The normalized spacial score (nSPS) is 13.1. The van der Waals surface area contributed by atoms with E-state index >= 15 is 0 Å². The maximum atomic E-state index is 12.9. The molecule has 1 aromatic carbocycles. The fraction of sp³-hybridized carbons (Fsp3) is 0.312. The highest BCUT2D eigenvalue weighted by Gasteiger charge is 2.30. The molecule has 130 valence electrons. The minimum Gasteiger partial charge on any atom is -0.394 e. The van der Waals surface area contributed by atoms with E-state index in [1.807, 2.05) is 0 Å². The largest absolute Gasteiger partial charge is 0.416 e. The summed E-state index contributed by atoms with van der Waals surface area (Å²) in [6.07, 6.45) is -2.46. The first-order valence-electron chi connectivity index (χ1n) is 7.02. The molecule has 24 heavy (non-hydrogen) atoms. The van der Waals surface area contributed by atoms with Crippen molar-refractivity contribution in [1.29, 1.82) is 0 Å². The summed E-state index contributed by atoms with van der Waals surface area (Å²) in [6, 6.07) is 4.59. The van der Waals surface area contributed by atoms with Crippen molar-refractivity contribution < 1.29 is 23.4 Å². The first kappa shape index (κ1) is 18.6. The van der Waals surface area contributed by atoms with Crippen LogP contribution in [0.4, 0.5) is 13.2 Å². The Hall–Kier alpha value is -1.77. The molecule has 0 aliphatic heterocycles. The molecule has 1 aromatic heterocycles. The number of aromatic nitrogens is 1. The fourth-order valence-corrected chi connectivity index (χ4v) is 3.05. The van der Waals surface area contributed by atoms with Crippen LogP contribution < -0.4 is 5.43 Å². The molecule has 0 aliphatic carbocycles. The summed E-state index contributed by atoms with van der Waals surface area (Å²) in [5.41, 5.74) is -0.916. The van der Waals surface area contributed by atoms with Gasteiger partial charge in [0, 0.05) is 30.8 Å². The van der Waals surface area contributed by atoms with Gasteiger partial charge in [-0.2, -0.15) is 13.2 Å². The molecular formula is C16H16F3NO3S. The van der Waals surface area contributed by atoms with Crippen LogP contribution in [0.15, 0.2) is 46.3 Å². The van der Waals surface area contributed by atoms with Crippen molar-refractivity contribution in [2.75, 3.05) is 12.4 Å². The number of benzene rings is 1. The topological polar surface area (TPSA) is 62.5 Å². The van der Waals surface area contributed by atoms with E-state index in [0.717, 1.165) is 23.9 Å². The van der Waals surface area contributed by atoms with Crippen LogP contribution in [0.5, 0.6) is 0 Å². The second-order valence-electron chi connectivity index (χ2n) is 5.26. The van der Waals surface area contributed by atoms with Crippen molar-refractivity contribution in [3.05, 3.63) is 52.4 Å². The van der Waals surface area contributed by atoms with E-state index in [0.29, 0.717) is 4.90 Å². The lowest BCUT2D eigenvalue weighted by atomic mass is 10.0. The van der Waals surface area contributed by atoms with E-state index in [-0.39, 0.29) is 16.9 Å². The molecule has 0 fully saturated rings. The SMILES string of the molecule is Cn1cc(SCC(O)CO)c(=O)c(-c2cccc(C(F)(F)F)c2)c1. The molecule has 2 N–H and O–H groups in total. The first-order chi connectivity index (χ1) is 11.2. The van der Waals surface area contributed by atoms with Gasteiger partial charge in [-0.05, 0) is 17.7 Å². The third-order valence-corrected chi connectivity index (χ3v) is 4.42. The molecular weight excluding hydrogens is 343 g/mol. The van der Waals surface area contributed by atoms with E-state index in [2.05, 4.69) is 0 Å². The Morgan fingerprint density at radius 2 is 2.00 bits per heavy atom. The molecule has 1 heterocycles. The van der Waals surface area contributed by atoms with Crippen molar-refractivity contribution in [2.45, 2.75) is 17.2 Å². The third-order valence-electron chi connectivity index (χ3n) is 3.26. The number of aliphatic hydroxyl groups is 2. The highest BCUT2D eigenvalue weighted by Crippen LogP contribution is 2.31. The van der Waals surface area contributed by atoms with Crippen molar-refractivity contribution >= 4 is 11.8 Å². The van der Waals surface area contributed by atoms with Crippen LogP contribution >= 0.6 is 11.8 Å². The predicted octanol–water partition coefficient (Wildman–Crippen LogP) is 2.52. The van der Waals surface area contributed by atoms with Crippen molar-refractivity contribution in [2.24, 2.45) is 7.05 Å². The zero-order chi connectivity index (χ0) is 17.9. The Kier molecular flexibility index (Phi) is 5.74. The van der Waals surface area contributed by atoms with E-state index in [4.69, 9.17) is 5.11 Å². The Balaban J connectivity index is 2.44. The van der Waals surface area contributed by atoms with Crippen LogP contribution in [0.25, 0.3) is 11.1 Å². The first-order valence-corrected chi connectivity index (χ1v) is 8.00. The van der Waals surface area contributed by atoms with Crippen LogP contribution in [0.3, 0.4) is 0 Å². The molecule has 0 aliphatic rings. The summed E-state index contributed by atoms with van der Waals surface area (Å²) >= 11 is 1.05. The highest BCUT2D eigenvalue weighted by molar-refractivity contribution is 7.99. The van der Waals surface area contributed by atoms with Crippen LogP contribution in [0.1, 0.15) is 5.56 Å². The number of pyridine rings is 1. The Morgan fingerprint density at radius 1 is 1.29 bits per heavy atom. The zero-order valence-corrected chi connectivity index (χ0v) is 13.6. The van der Waals surface area contributed by atoms with Gasteiger partial charge in [-0.1, -0.05) is 12.1 Å². The van der Waals surface area contributed by atoms with Crippen molar-refractivity contribution in [1.82, 2.24) is 4.57 Å². The summed E-state index contributed by atoms with van der Waals surface area (Å²) in [6.45, 7) is -0.430. The number of rotatable bonds is 5. The van der Waals surface area contributed by atoms with Gasteiger partial charge in [-0.25, -0.2) is 0 Å². The quantitative estimate of drug-likeness (QED) is 0.806. The van der Waals surface area contributed by atoms with Gasteiger partial charge in [0.25, 0.3) is 0 Å². The second kappa shape index (κ2) is 7.42. The third kappa shape index (κ3) is 4.40. The lowest BCUT2D eigenvalue weighted by Crippen LogP contribution is -2.17. The molecule has 1 atom stereocenters. The molecule has 0 bridgehead atoms. The van der Waals surface area contributed by atoms with Gasteiger partial charge in [-0.15, -0.1) is 11.8 Å². The van der Waals surface area contributed by atoms with Gasteiger partial charge in [0.15, 0.2) is 0 Å². The number of hydrogen-bond acceptors (Lipinski definition) is 4. The van der Waals surface area contributed by atoms with Gasteiger partial charge in [0.2, 0.25) is 5.43 Å². The van der Waals surface area contributed by atoms with Crippen molar-refractivity contribution in [3.63, 3.8) is 0 Å². The number of nitrogens with zero attached hydrogens (tertiary/aromatic N) is 1. The standard InChI is InChI=1S/C16H16F3NO3S/c1-20-6-13(10-3-2-4-11(5-10)16(17,18)19)15(23)14(7-20)24-9-12(22)8-21/h2-7,12,21-22H,8-9H2,1H3. The molecule has 0 spiro atoms. The van der Waals surface area contributed by atoms with Gasteiger partial charge in [-0.3, -0.25) is 4.79 Å². The monoisotopic (exact) mass is 359 g/mol.